The minimum Gasteiger partial charge on any atom is -0.322 e. The van der Waals surface area contributed by atoms with Gasteiger partial charge in [-0.3, -0.25) is 4.79 Å². The molecule has 0 aliphatic carbocycles. The summed E-state index contributed by atoms with van der Waals surface area (Å²) in [7, 11) is 0. The van der Waals surface area contributed by atoms with Gasteiger partial charge in [0.05, 0.1) is 0 Å². The van der Waals surface area contributed by atoms with Crippen LogP contribution in [-0.2, 0) is 6.42 Å². The van der Waals surface area contributed by atoms with E-state index in [1.165, 1.54) is 17.7 Å². The highest BCUT2D eigenvalue weighted by Gasteiger charge is 2.12. The van der Waals surface area contributed by atoms with E-state index < -0.39 is 5.82 Å². The summed E-state index contributed by atoms with van der Waals surface area (Å²) < 4.78 is 13.4. The molecule has 0 aromatic heterocycles. The first kappa shape index (κ1) is 15.9. The van der Waals surface area contributed by atoms with Gasteiger partial charge in [-0.25, -0.2) is 4.39 Å². The molecule has 0 spiro atoms. The Labute approximate surface area is 141 Å². The van der Waals surface area contributed by atoms with Crippen molar-refractivity contribution in [3.63, 3.8) is 0 Å². The average Bonchev–Trinajstić information content (AvgIpc) is 2.59. The zero-order chi connectivity index (χ0) is 16.9. The third-order valence-electron chi connectivity index (χ3n) is 3.95. The number of para-hydroxylation sites is 1. The van der Waals surface area contributed by atoms with Gasteiger partial charge >= 0.3 is 0 Å². The Hall–Kier alpha value is -2.94. The highest BCUT2D eigenvalue weighted by atomic mass is 19.1. The first-order valence-corrected chi connectivity index (χ1v) is 7.83. The lowest BCUT2D eigenvalue weighted by Gasteiger charge is -2.12. The van der Waals surface area contributed by atoms with Crippen LogP contribution in [0, 0.1) is 12.7 Å². The molecule has 0 aliphatic rings. The number of carbonyl (C=O) groups excluding carboxylic acids is 1. The Morgan fingerprint density at radius 2 is 1.67 bits per heavy atom. The van der Waals surface area contributed by atoms with Crippen molar-refractivity contribution in [2.75, 3.05) is 5.32 Å². The molecule has 3 rings (SSSR count). The molecule has 3 aromatic carbocycles. The van der Waals surface area contributed by atoms with Gasteiger partial charge in [0.15, 0.2) is 0 Å². The molecule has 1 N–H and O–H groups in total. The van der Waals surface area contributed by atoms with Gasteiger partial charge in [0.25, 0.3) is 5.91 Å². The lowest BCUT2D eigenvalue weighted by Crippen LogP contribution is -2.15. The number of anilines is 1. The van der Waals surface area contributed by atoms with Gasteiger partial charge in [-0.1, -0.05) is 54.6 Å². The Kier molecular flexibility index (Phi) is 4.71. The average molecular weight is 319 g/mol. The van der Waals surface area contributed by atoms with Gasteiger partial charge in [0, 0.05) is 11.3 Å². The van der Waals surface area contributed by atoms with E-state index in [4.69, 9.17) is 0 Å². The summed E-state index contributed by atoms with van der Waals surface area (Å²) in [5.74, 6) is -0.712. The number of hydrogen-bond donors (Lipinski definition) is 1. The molecule has 0 unspecified atom stereocenters. The SMILES string of the molecule is Cc1ccc(F)cc1C(=O)Nc1ccccc1Cc1ccccc1. The molecular weight excluding hydrogens is 301 g/mol. The van der Waals surface area contributed by atoms with E-state index in [0.717, 1.165) is 23.2 Å². The van der Waals surface area contributed by atoms with Gasteiger partial charge in [-0.05, 0) is 48.2 Å². The van der Waals surface area contributed by atoms with Crippen LogP contribution in [-0.4, -0.2) is 5.91 Å². The van der Waals surface area contributed by atoms with Crippen LogP contribution in [0.3, 0.4) is 0 Å². The highest BCUT2D eigenvalue weighted by Crippen LogP contribution is 2.21. The fourth-order valence-corrected chi connectivity index (χ4v) is 2.64. The lowest BCUT2D eigenvalue weighted by atomic mass is 10.0. The minimum atomic E-state index is -0.414. The Morgan fingerprint density at radius 3 is 2.46 bits per heavy atom. The van der Waals surface area contributed by atoms with Crippen molar-refractivity contribution in [2.45, 2.75) is 13.3 Å². The van der Waals surface area contributed by atoms with Crippen LogP contribution in [0.15, 0.2) is 72.8 Å². The number of aryl methyl sites for hydroxylation is 1. The number of carbonyl (C=O) groups is 1. The van der Waals surface area contributed by atoms with Crippen molar-refractivity contribution in [1.29, 1.82) is 0 Å². The standard InChI is InChI=1S/C21H18FNO/c1-15-11-12-18(22)14-19(15)21(24)23-20-10-6-5-9-17(20)13-16-7-3-2-4-8-16/h2-12,14H,13H2,1H3,(H,23,24). The molecule has 0 bridgehead atoms. The normalized spacial score (nSPS) is 10.4. The number of halogens is 1. The predicted octanol–water partition coefficient (Wildman–Crippen LogP) is 4.98. The molecular formula is C21H18FNO. The van der Waals surface area contributed by atoms with Crippen LogP contribution >= 0.6 is 0 Å². The summed E-state index contributed by atoms with van der Waals surface area (Å²) in [5.41, 5.74) is 4.03. The lowest BCUT2D eigenvalue weighted by molar-refractivity contribution is 0.102. The number of hydrogen-bond acceptors (Lipinski definition) is 1. The number of rotatable bonds is 4. The minimum absolute atomic E-state index is 0.299. The van der Waals surface area contributed by atoms with E-state index in [-0.39, 0.29) is 5.91 Å². The molecule has 24 heavy (non-hydrogen) atoms. The second kappa shape index (κ2) is 7.09. The van der Waals surface area contributed by atoms with Crippen molar-refractivity contribution in [3.8, 4) is 0 Å². The largest absolute Gasteiger partial charge is 0.322 e. The Balaban J connectivity index is 1.85. The van der Waals surface area contributed by atoms with E-state index in [2.05, 4.69) is 17.4 Å². The van der Waals surface area contributed by atoms with Crippen molar-refractivity contribution < 1.29 is 9.18 Å². The van der Waals surface area contributed by atoms with Crippen molar-refractivity contribution >= 4 is 11.6 Å². The van der Waals surface area contributed by atoms with Gasteiger partial charge < -0.3 is 5.32 Å². The van der Waals surface area contributed by atoms with Gasteiger partial charge in [0.2, 0.25) is 0 Å². The summed E-state index contributed by atoms with van der Waals surface area (Å²) in [6, 6.07) is 22.0. The van der Waals surface area contributed by atoms with E-state index in [1.807, 2.05) is 42.5 Å². The molecule has 120 valence electrons. The maximum atomic E-state index is 13.4. The van der Waals surface area contributed by atoms with Gasteiger partial charge in [-0.15, -0.1) is 0 Å². The summed E-state index contributed by atoms with van der Waals surface area (Å²) >= 11 is 0. The van der Waals surface area contributed by atoms with Crippen LogP contribution in [0.25, 0.3) is 0 Å². The van der Waals surface area contributed by atoms with Crippen LogP contribution in [0.1, 0.15) is 27.0 Å². The molecule has 1 amide bonds. The van der Waals surface area contributed by atoms with Crippen molar-refractivity contribution in [3.05, 3.63) is 101 Å². The predicted molar refractivity (Wildman–Crippen MR) is 94.8 cm³/mol. The maximum Gasteiger partial charge on any atom is 0.256 e. The second-order valence-corrected chi connectivity index (χ2v) is 5.73. The molecule has 0 radical (unpaired) electrons. The first-order chi connectivity index (χ1) is 11.6. The molecule has 0 atom stereocenters. The van der Waals surface area contributed by atoms with Crippen molar-refractivity contribution in [1.82, 2.24) is 0 Å². The summed E-state index contributed by atoms with van der Waals surface area (Å²) in [6.07, 6.45) is 0.722. The molecule has 0 fully saturated rings. The molecule has 3 aromatic rings. The summed E-state index contributed by atoms with van der Waals surface area (Å²) in [6.45, 7) is 1.80. The Bertz CT molecular complexity index is 859. The highest BCUT2D eigenvalue weighted by molar-refractivity contribution is 6.05. The molecule has 0 aliphatic heterocycles. The smallest absolute Gasteiger partial charge is 0.256 e. The molecule has 0 saturated heterocycles. The monoisotopic (exact) mass is 319 g/mol. The van der Waals surface area contributed by atoms with Crippen LogP contribution in [0.5, 0.6) is 0 Å². The molecule has 0 heterocycles. The van der Waals surface area contributed by atoms with E-state index in [9.17, 15) is 9.18 Å². The van der Waals surface area contributed by atoms with Crippen molar-refractivity contribution in [2.24, 2.45) is 0 Å². The van der Waals surface area contributed by atoms with E-state index >= 15 is 0 Å². The summed E-state index contributed by atoms with van der Waals surface area (Å²) in [4.78, 5) is 12.5. The molecule has 0 saturated carbocycles. The first-order valence-electron chi connectivity index (χ1n) is 7.83. The molecule has 3 heteroatoms. The quantitative estimate of drug-likeness (QED) is 0.722. The zero-order valence-electron chi connectivity index (χ0n) is 13.4. The summed E-state index contributed by atoms with van der Waals surface area (Å²) in [5, 5.41) is 2.91. The third-order valence-corrected chi connectivity index (χ3v) is 3.95. The molecule has 2 nitrogen and oxygen atoms in total. The fourth-order valence-electron chi connectivity index (χ4n) is 2.64. The third kappa shape index (κ3) is 3.69. The second-order valence-electron chi connectivity index (χ2n) is 5.73. The van der Waals surface area contributed by atoms with Gasteiger partial charge in [-0.2, -0.15) is 0 Å². The van der Waals surface area contributed by atoms with Gasteiger partial charge in [0.1, 0.15) is 5.82 Å². The Morgan fingerprint density at radius 1 is 0.958 bits per heavy atom. The number of nitrogens with one attached hydrogen (secondary N) is 1. The van der Waals surface area contributed by atoms with Crippen LogP contribution in [0.4, 0.5) is 10.1 Å². The number of amides is 1. The fraction of sp³-hybridized carbons (Fsp3) is 0.0952. The topological polar surface area (TPSA) is 29.1 Å². The maximum absolute atomic E-state index is 13.4. The number of benzene rings is 3. The van der Waals surface area contributed by atoms with E-state index in [1.54, 1.807) is 13.0 Å². The zero-order valence-corrected chi connectivity index (χ0v) is 13.4. The van der Waals surface area contributed by atoms with Crippen LogP contribution < -0.4 is 5.32 Å². The van der Waals surface area contributed by atoms with Crippen LogP contribution in [0.2, 0.25) is 0 Å². The van der Waals surface area contributed by atoms with E-state index in [0.29, 0.717) is 5.56 Å².